The van der Waals surface area contributed by atoms with E-state index in [-0.39, 0.29) is 5.97 Å². The maximum atomic E-state index is 11.9. The third-order valence-corrected chi connectivity index (χ3v) is 8.91. The number of ether oxygens (including phenoxy) is 1. The first kappa shape index (κ1) is 42.9. The van der Waals surface area contributed by atoms with Gasteiger partial charge in [-0.05, 0) is 84.2 Å². The molecule has 0 unspecified atom stereocenters. The number of nitrogens with zero attached hydrogens (tertiary/aromatic N) is 1. The lowest BCUT2D eigenvalue weighted by Crippen LogP contribution is -2.29. The number of hydrogen-bond acceptors (Lipinski definition) is 3. The molecular formula is C41H79NO2. The van der Waals surface area contributed by atoms with Gasteiger partial charge in [-0.15, -0.1) is 0 Å². The van der Waals surface area contributed by atoms with E-state index < -0.39 is 0 Å². The Bertz CT molecular complexity index is 572. The van der Waals surface area contributed by atoms with E-state index in [1.54, 1.807) is 0 Å². The number of esters is 1. The second-order valence-corrected chi connectivity index (χ2v) is 13.3. The Labute approximate surface area is 277 Å². The largest absolute Gasteiger partial charge is 0.466 e. The lowest BCUT2D eigenvalue weighted by atomic mass is 10.1. The van der Waals surface area contributed by atoms with E-state index in [0.29, 0.717) is 13.0 Å². The molecule has 0 aliphatic rings. The van der Waals surface area contributed by atoms with Gasteiger partial charge < -0.3 is 9.64 Å². The van der Waals surface area contributed by atoms with Gasteiger partial charge in [-0.2, -0.15) is 0 Å². The van der Waals surface area contributed by atoms with Crippen LogP contribution >= 0.6 is 0 Å². The van der Waals surface area contributed by atoms with Crippen LogP contribution in [0, 0.1) is 0 Å². The fraction of sp³-hybridized carbons (Fsp3) is 0.878. The maximum absolute atomic E-state index is 11.9. The molecule has 0 aromatic rings. The summed E-state index contributed by atoms with van der Waals surface area (Å²) in [6, 6.07) is 0. The molecule has 0 heterocycles. The van der Waals surface area contributed by atoms with Crippen molar-refractivity contribution < 1.29 is 9.53 Å². The Morgan fingerprint density at radius 3 is 1.09 bits per heavy atom. The van der Waals surface area contributed by atoms with Crippen LogP contribution in [0.2, 0.25) is 0 Å². The Kier molecular flexibility index (Phi) is 37.2. The Hall–Kier alpha value is -1.09. The highest BCUT2D eigenvalue weighted by molar-refractivity contribution is 5.69. The molecule has 0 N–H and O–H groups in total. The molecule has 3 heteroatoms. The Morgan fingerprint density at radius 1 is 0.432 bits per heavy atom. The third-order valence-electron chi connectivity index (χ3n) is 8.91. The first-order chi connectivity index (χ1) is 21.7. The summed E-state index contributed by atoms with van der Waals surface area (Å²) in [4.78, 5) is 14.5. The van der Waals surface area contributed by atoms with E-state index in [1.165, 1.54) is 180 Å². The van der Waals surface area contributed by atoms with Gasteiger partial charge in [-0.25, -0.2) is 0 Å². The van der Waals surface area contributed by atoms with Crippen molar-refractivity contribution in [2.45, 2.75) is 207 Å². The average Bonchev–Trinajstić information content (AvgIpc) is 3.02. The van der Waals surface area contributed by atoms with Crippen LogP contribution in [0.3, 0.4) is 0 Å². The first-order valence-corrected chi connectivity index (χ1v) is 19.9. The van der Waals surface area contributed by atoms with Crippen molar-refractivity contribution in [3.8, 4) is 0 Å². The first-order valence-electron chi connectivity index (χ1n) is 19.9. The van der Waals surface area contributed by atoms with Crippen LogP contribution < -0.4 is 0 Å². The zero-order chi connectivity index (χ0) is 32.0. The predicted molar refractivity (Wildman–Crippen MR) is 197 cm³/mol. The molecule has 0 aliphatic heterocycles. The van der Waals surface area contributed by atoms with Gasteiger partial charge in [0.05, 0.1) is 13.0 Å². The number of carbonyl (C=O) groups excluding carboxylic acids is 1. The van der Waals surface area contributed by atoms with Crippen molar-refractivity contribution in [2.75, 3.05) is 26.2 Å². The zero-order valence-electron chi connectivity index (χ0n) is 30.4. The predicted octanol–water partition coefficient (Wildman–Crippen LogP) is 13.3. The second-order valence-electron chi connectivity index (χ2n) is 13.3. The fourth-order valence-electron chi connectivity index (χ4n) is 5.98. The average molecular weight is 618 g/mol. The summed E-state index contributed by atoms with van der Waals surface area (Å²) in [6.45, 7) is 10.1. The maximum Gasteiger partial charge on any atom is 0.307 e. The van der Waals surface area contributed by atoms with E-state index in [2.05, 4.69) is 43.1 Å². The molecule has 0 saturated heterocycles. The van der Waals surface area contributed by atoms with Crippen molar-refractivity contribution in [3.63, 3.8) is 0 Å². The quantitative estimate of drug-likeness (QED) is 0.0398. The Balaban J connectivity index is 3.80. The van der Waals surface area contributed by atoms with E-state index in [1.807, 2.05) is 6.92 Å². The number of hydrogen-bond donors (Lipinski definition) is 0. The lowest BCUT2D eigenvalue weighted by molar-refractivity contribution is -0.143. The van der Waals surface area contributed by atoms with Gasteiger partial charge in [-0.3, -0.25) is 4.79 Å². The lowest BCUT2D eigenvalue weighted by Gasteiger charge is -2.22. The fourth-order valence-corrected chi connectivity index (χ4v) is 5.98. The standard InChI is InChI=1S/C41H79NO2/c1-4-7-9-11-13-15-17-19-21-23-25-27-29-31-33-35-38-42(40-37-41(43)44-6-3)39-36-34-32-30-28-26-24-22-20-18-16-14-12-10-8-5-2/h19-22H,4-18,23-40H2,1-3H3. The molecule has 0 aliphatic carbocycles. The molecule has 0 radical (unpaired) electrons. The van der Waals surface area contributed by atoms with Crippen molar-refractivity contribution >= 4 is 5.97 Å². The minimum absolute atomic E-state index is 0.0421. The van der Waals surface area contributed by atoms with E-state index in [0.717, 1.165) is 19.6 Å². The molecule has 0 fully saturated rings. The summed E-state index contributed by atoms with van der Waals surface area (Å²) < 4.78 is 5.19. The molecule has 0 bridgehead atoms. The highest BCUT2D eigenvalue weighted by Crippen LogP contribution is 2.13. The van der Waals surface area contributed by atoms with Crippen LogP contribution in [-0.2, 0) is 9.53 Å². The molecule has 3 nitrogen and oxygen atoms in total. The molecule has 260 valence electrons. The van der Waals surface area contributed by atoms with Crippen LogP contribution in [0.15, 0.2) is 24.3 Å². The number of allylic oxidation sites excluding steroid dienone is 4. The van der Waals surface area contributed by atoms with Crippen LogP contribution in [0.5, 0.6) is 0 Å². The zero-order valence-corrected chi connectivity index (χ0v) is 30.4. The summed E-state index contributed by atoms with van der Waals surface area (Å²) in [7, 11) is 0. The SMILES string of the molecule is CCCCCCCCC=CCCCCCCCCN(CCCCCCCCC=CCCCCCCCC)CCC(=O)OCC. The van der Waals surface area contributed by atoms with Gasteiger partial charge in [0.25, 0.3) is 0 Å². The van der Waals surface area contributed by atoms with Gasteiger partial charge in [0, 0.05) is 6.54 Å². The van der Waals surface area contributed by atoms with Gasteiger partial charge in [0.1, 0.15) is 0 Å². The van der Waals surface area contributed by atoms with Crippen LogP contribution in [0.25, 0.3) is 0 Å². The van der Waals surface area contributed by atoms with Crippen molar-refractivity contribution in [3.05, 3.63) is 24.3 Å². The minimum atomic E-state index is -0.0421. The van der Waals surface area contributed by atoms with Gasteiger partial charge in [0.2, 0.25) is 0 Å². The number of unbranched alkanes of at least 4 members (excludes halogenated alkanes) is 24. The highest BCUT2D eigenvalue weighted by atomic mass is 16.5. The summed E-state index contributed by atoms with van der Waals surface area (Å²) in [5.74, 6) is -0.0421. The normalized spacial score (nSPS) is 11.9. The molecule has 44 heavy (non-hydrogen) atoms. The smallest absolute Gasteiger partial charge is 0.307 e. The molecule has 0 atom stereocenters. The molecule has 0 saturated carbocycles. The topological polar surface area (TPSA) is 29.5 Å². The summed E-state index contributed by atoms with van der Waals surface area (Å²) in [5.41, 5.74) is 0. The number of carbonyl (C=O) groups is 1. The molecule has 0 spiro atoms. The van der Waals surface area contributed by atoms with Crippen molar-refractivity contribution in [1.82, 2.24) is 4.90 Å². The molecule has 0 amide bonds. The van der Waals surface area contributed by atoms with E-state index in [9.17, 15) is 4.79 Å². The summed E-state index contributed by atoms with van der Waals surface area (Å²) in [6.07, 6.45) is 48.0. The Morgan fingerprint density at radius 2 is 0.750 bits per heavy atom. The molecule has 0 aromatic carbocycles. The molecule has 0 aromatic heterocycles. The highest BCUT2D eigenvalue weighted by Gasteiger charge is 2.09. The molecular weight excluding hydrogens is 538 g/mol. The van der Waals surface area contributed by atoms with Crippen LogP contribution in [0.4, 0.5) is 0 Å². The molecule has 0 rings (SSSR count). The van der Waals surface area contributed by atoms with Crippen molar-refractivity contribution in [2.24, 2.45) is 0 Å². The van der Waals surface area contributed by atoms with Crippen LogP contribution in [0.1, 0.15) is 207 Å². The van der Waals surface area contributed by atoms with Gasteiger partial charge >= 0.3 is 5.97 Å². The van der Waals surface area contributed by atoms with E-state index >= 15 is 0 Å². The van der Waals surface area contributed by atoms with Gasteiger partial charge in [-0.1, -0.05) is 154 Å². The minimum Gasteiger partial charge on any atom is -0.466 e. The summed E-state index contributed by atoms with van der Waals surface area (Å²) >= 11 is 0. The third kappa shape index (κ3) is 35.4. The monoisotopic (exact) mass is 618 g/mol. The van der Waals surface area contributed by atoms with Crippen LogP contribution in [-0.4, -0.2) is 37.1 Å². The van der Waals surface area contributed by atoms with E-state index in [4.69, 9.17) is 4.74 Å². The van der Waals surface area contributed by atoms with Gasteiger partial charge in [0.15, 0.2) is 0 Å². The summed E-state index contributed by atoms with van der Waals surface area (Å²) in [5, 5.41) is 0. The van der Waals surface area contributed by atoms with Crippen molar-refractivity contribution in [1.29, 1.82) is 0 Å². The second kappa shape index (κ2) is 38.1. The number of rotatable bonds is 36.